The van der Waals surface area contributed by atoms with Crippen LogP contribution >= 0.6 is 0 Å². The lowest BCUT2D eigenvalue weighted by Crippen LogP contribution is -2.16. The molecule has 0 aliphatic heterocycles. The number of halogens is 6. The van der Waals surface area contributed by atoms with Crippen molar-refractivity contribution in [1.82, 2.24) is 0 Å². The first-order valence-corrected chi connectivity index (χ1v) is 5.94. The average Bonchev–Trinajstić information content (AvgIpc) is 2.36. The summed E-state index contributed by atoms with van der Waals surface area (Å²) >= 11 is 0. The average molecular weight is 304 g/mol. The van der Waals surface area contributed by atoms with Crippen LogP contribution in [0.3, 0.4) is 0 Å². The molecule has 0 aromatic heterocycles. The van der Waals surface area contributed by atoms with Gasteiger partial charge in [-0.3, -0.25) is 0 Å². The van der Waals surface area contributed by atoms with Gasteiger partial charge in [0, 0.05) is 0 Å². The van der Waals surface area contributed by atoms with E-state index in [1.807, 2.05) is 0 Å². The Morgan fingerprint density at radius 3 is 1.76 bits per heavy atom. The van der Waals surface area contributed by atoms with Crippen LogP contribution in [0.5, 0.6) is 0 Å². The van der Waals surface area contributed by atoms with Gasteiger partial charge in [0.25, 0.3) is 0 Å². The van der Waals surface area contributed by atoms with Gasteiger partial charge < -0.3 is 0 Å². The maximum absolute atomic E-state index is 12.9. The molecule has 0 saturated heterocycles. The first kappa shape index (κ1) is 15.4. The number of benzene rings is 2. The molecule has 0 radical (unpaired) electrons. The van der Waals surface area contributed by atoms with Gasteiger partial charge in [-0.05, 0) is 30.2 Å². The molecule has 0 fully saturated rings. The minimum atomic E-state index is -5.06. The predicted octanol–water partition coefficient (Wildman–Crippen LogP) is 5.70. The van der Waals surface area contributed by atoms with Crippen LogP contribution in [0, 0.1) is 6.92 Å². The molecule has 2 aromatic carbocycles. The summed E-state index contributed by atoms with van der Waals surface area (Å²) in [4.78, 5) is 0. The molecule has 21 heavy (non-hydrogen) atoms. The molecule has 6 heteroatoms. The molecule has 0 unspecified atom stereocenters. The molecule has 0 heterocycles. The molecule has 0 nitrogen and oxygen atoms in total. The standard InChI is InChI=1S/C15H10F6/c1-9-3-2-4-10(7-9)11-5-6-12(14(16,17)18)13(8-11)15(19,20)21/h2-8H,1H3. The zero-order valence-corrected chi connectivity index (χ0v) is 10.8. The van der Waals surface area contributed by atoms with E-state index in [-0.39, 0.29) is 5.56 Å². The van der Waals surface area contributed by atoms with E-state index in [2.05, 4.69) is 0 Å². The summed E-state index contributed by atoms with van der Waals surface area (Å²) in [5.41, 5.74) is -2.00. The Hall–Kier alpha value is -1.98. The monoisotopic (exact) mass is 304 g/mol. The second-order valence-electron chi connectivity index (χ2n) is 4.63. The van der Waals surface area contributed by atoms with Gasteiger partial charge in [-0.2, -0.15) is 26.3 Å². The van der Waals surface area contributed by atoms with E-state index >= 15 is 0 Å². The quantitative estimate of drug-likeness (QED) is 0.593. The smallest absolute Gasteiger partial charge is 0.166 e. The Bertz CT molecular complexity index is 652. The molecule has 2 rings (SSSR count). The van der Waals surface area contributed by atoms with E-state index in [1.54, 1.807) is 31.2 Å². The molecule has 0 aliphatic carbocycles. The topological polar surface area (TPSA) is 0 Å². The third-order valence-corrected chi connectivity index (χ3v) is 2.98. The summed E-state index contributed by atoms with van der Waals surface area (Å²) < 4.78 is 76.6. The van der Waals surface area contributed by atoms with Crippen LogP contribution in [0.2, 0.25) is 0 Å². The molecule has 0 aliphatic rings. The van der Waals surface area contributed by atoms with Gasteiger partial charge in [-0.1, -0.05) is 35.9 Å². The van der Waals surface area contributed by atoms with Crippen LogP contribution in [0.1, 0.15) is 16.7 Å². The highest BCUT2D eigenvalue weighted by Crippen LogP contribution is 2.41. The summed E-state index contributed by atoms with van der Waals surface area (Å²) in [6.07, 6.45) is -10.1. The van der Waals surface area contributed by atoms with E-state index in [1.165, 1.54) is 0 Å². The fourth-order valence-corrected chi connectivity index (χ4v) is 2.03. The van der Waals surface area contributed by atoms with E-state index < -0.39 is 23.5 Å². The Kier molecular flexibility index (Phi) is 3.74. The van der Waals surface area contributed by atoms with E-state index in [0.717, 1.165) is 11.6 Å². The molecule has 0 spiro atoms. The Balaban J connectivity index is 2.63. The maximum Gasteiger partial charge on any atom is 0.417 e. The SMILES string of the molecule is Cc1cccc(-c2ccc(C(F)(F)F)c(C(F)(F)F)c2)c1. The van der Waals surface area contributed by atoms with Crippen LogP contribution in [0.25, 0.3) is 11.1 Å². The van der Waals surface area contributed by atoms with Gasteiger partial charge in [0.2, 0.25) is 0 Å². The van der Waals surface area contributed by atoms with Gasteiger partial charge >= 0.3 is 12.4 Å². The normalized spacial score (nSPS) is 12.5. The maximum atomic E-state index is 12.9. The van der Waals surface area contributed by atoms with Crippen LogP contribution in [0.4, 0.5) is 26.3 Å². The summed E-state index contributed by atoms with van der Waals surface area (Å²) in [5, 5.41) is 0. The van der Waals surface area contributed by atoms with Crippen molar-refractivity contribution >= 4 is 0 Å². The molecule has 2 aromatic rings. The zero-order chi connectivity index (χ0) is 15.8. The highest BCUT2D eigenvalue weighted by molar-refractivity contribution is 5.66. The van der Waals surface area contributed by atoms with Crippen molar-refractivity contribution in [3.05, 3.63) is 59.2 Å². The molecule has 0 atom stereocenters. The summed E-state index contributed by atoms with van der Waals surface area (Å²) in [6.45, 7) is 1.75. The molecule has 0 N–H and O–H groups in total. The second-order valence-corrected chi connectivity index (χ2v) is 4.63. The largest absolute Gasteiger partial charge is 0.417 e. The van der Waals surface area contributed by atoms with Crippen molar-refractivity contribution in [2.24, 2.45) is 0 Å². The third-order valence-electron chi connectivity index (χ3n) is 2.98. The number of hydrogen-bond donors (Lipinski definition) is 0. The van der Waals surface area contributed by atoms with Crippen molar-refractivity contribution < 1.29 is 26.3 Å². The van der Waals surface area contributed by atoms with E-state index in [9.17, 15) is 26.3 Å². The van der Waals surface area contributed by atoms with E-state index in [4.69, 9.17) is 0 Å². The summed E-state index contributed by atoms with van der Waals surface area (Å²) in [5.74, 6) is 0. The summed E-state index contributed by atoms with van der Waals surface area (Å²) in [7, 11) is 0. The zero-order valence-electron chi connectivity index (χ0n) is 10.8. The lowest BCUT2D eigenvalue weighted by Gasteiger charge is -2.16. The Morgan fingerprint density at radius 1 is 0.667 bits per heavy atom. The minimum Gasteiger partial charge on any atom is -0.166 e. The number of hydrogen-bond acceptors (Lipinski definition) is 0. The van der Waals surface area contributed by atoms with Gasteiger partial charge in [0.05, 0.1) is 11.1 Å². The molecule has 0 bridgehead atoms. The molecular formula is C15H10F6. The fraction of sp³-hybridized carbons (Fsp3) is 0.200. The fourth-order valence-electron chi connectivity index (χ4n) is 2.03. The summed E-state index contributed by atoms with van der Waals surface area (Å²) in [6, 6.07) is 8.61. The van der Waals surface area contributed by atoms with E-state index in [0.29, 0.717) is 17.7 Å². The molecular weight excluding hydrogens is 294 g/mol. The molecule has 0 saturated carbocycles. The van der Waals surface area contributed by atoms with Crippen molar-refractivity contribution in [1.29, 1.82) is 0 Å². The van der Waals surface area contributed by atoms with Crippen molar-refractivity contribution in [3.63, 3.8) is 0 Å². The molecule has 112 valence electrons. The van der Waals surface area contributed by atoms with Gasteiger partial charge in [0.15, 0.2) is 0 Å². The van der Waals surface area contributed by atoms with Crippen molar-refractivity contribution in [2.45, 2.75) is 19.3 Å². The van der Waals surface area contributed by atoms with Crippen LogP contribution in [0.15, 0.2) is 42.5 Å². The van der Waals surface area contributed by atoms with Gasteiger partial charge in [0.1, 0.15) is 0 Å². The minimum absolute atomic E-state index is 0.0963. The van der Waals surface area contributed by atoms with Crippen LogP contribution < -0.4 is 0 Å². The molecule has 0 amide bonds. The van der Waals surface area contributed by atoms with Crippen LogP contribution in [-0.4, -0.2) is 0 Å². The third kappa shape index (κ3) is 3.37. The number of alkyl halides is 6. The highest BCUT2D eigenvalue weighted by Gasteiger charge is 2.43. The number of rotatable bonds is 1. The van der Waals surface area contributed by atoms with Crippen molar-refractivity contribution in [3.8, 4) is 11.1 Å². The second kappa shape index (κ2) is 5.09. The van der Waals surface area contributed by atoms with Gasteiger partial charge in [-0.25, -0.2) is 0 Å². The van der Waals surface area contributed by atoms with Gasteiger partial charge in [-0.15, -0.1) is 0 Å². The van der Waals surface area contributed by atoms with Crippen molar-refractivity contribution in [2.75, 3.05) is 0 Å². The van der Waals surface area contributed by atoms with Crippen LogP contribution in [-0.2, 0) is 12.4 Å². The predicted molar refractivity (Wildman–Crippen MR) is 66.6 cm³/mol. The highest BCUT2D eigenvalue weighted by atomic mass is 19.4. The number of aryl methyl sites for hydroxylation is 1. The Morgan fingerprint density at radius 2 is 1.24 bits per heavy atom. The Labute approximate surface area is 117 Å². The lowest BCUT2D eigenvalue weighted by atomic mass is 9.97. The first-order chi connectivity index (χ1) is 9.59. The first-order valence-electron chi connectivity index (χ1n) is 5.94. The lowest BCUT2D eigenvalue weighted by molar-refractivity contribution is -0.162.